The van der Waals surface area contributed by atoms with Crippen LogP contribution in [0.1, 0.15) is 46.7 Å². The van der Waals surface area contributed by atoms with E-state index in [2.05, 4.69) is 9.97 Å². The average molecular weight is 492 g/mol. The van der Waals surface area contributed by atoms with Gasteiger partial charge in [-0.3, -0.25) is 9.10 Å². The first-order valence-corrected chi connectivity index (χ1v) is 11.0. The minimum atomic E-state index is -1.16. The van der Waals surface area contributed by atoms with Crippen molar-refractivity contribution in [1.82, 2.24) is 9.97 Å². The Morgan fingerprint density at radius 2 is 1.88 bits per heavy atom. The Morgan fingerprint density at radius 1 is 1.25 bits per heavy atom. The topological polar surface area (TPSA) is 107 Å². The van der Waals surface area contributed by atoms with E-state index in [-0.39, 0.29) is 58.7 Å². The third-order valence-electron chi connectivity index (χ3n) is 4.59. The van der Waals surface area contributed by atoms with Crippen molar-refractivity contribution < 1.29 is 27.4 Å². The van der Waals surface area contributed by atoms with Gasteiger partial charge in [0.15, 0.2) is 0 Å². The SMILES string of the molecule is CSN(C)c1nc(-c2ccc(F)cc2)c(C=C[C@@H](O)C[C@@H](O)CC(=O)O)c(C(C)C)n1.[Ca+2].[H-].[H-]. The van der Waals surface area contributed by atoms with Gasteiger partial charge in [-0.1, -0.05) is 37.9 Å². The van der Waals surface area contributed by atoms with E-state index >= 15 is 0 Å². The van der Waals surface area contributed by atoms with E-state index in [1.54, 1.807) is 18.2 Å². The Bertz CT molecular complexity index is 939. The fourth-order valence-corrected chi connectivity index (χ4v) is 3.22. The monoisotopic (exact) mass is 491 g/mol. The molecule has 0 bridgehead atoms. The van der Waals surface area contributed by atoms with Crippen molar-refractivity contribution in [3.63, 3.8) is 0 Å². The molecule has 1 heterocycles. The Hall–Kier alpha value is -1.23. The molecule has 1 aromatic heterocycles. The molecular formula is C22H30CaFN3O4S. The molecule has 2 rings (SSSR count). The van der Waals surface area contributed by atoms with Crippen LogP contribution in [-0.2, 0) is 4.79 Å². The first-order valence-electron chi connectivity index (χ1n) is 9.84. The van der Waals surface area contributed by atoms with Crippen LogP contribution in [0.4, 0.5) is 10.3 Å². The fraction of sp³-hybridized carbons (Fsp3) is 0.409. The summed E-state index contributed by atoms with van der Waals surface area (Å²) in [5.41, 5.74) is 2.71. The zero-order valence-electron chi connectivity index (χ0n) is 20.7. The zero-order chi connectivity index (χ0) is 23.1. The molecule has 2 aromatic rings. The number of aliphatic hydroxyl groups excluding tert-OH is 2. The number of carboxylic acids is 1. The van der Waals surface area contributed by atoms with Crippen LogP contribution in [0.2, 0.25) is 0 Å². The molecule has 0 aliphatic heterocycles. The van der Waals surface area contributed by atoms with Gasteiger partial charge < -0.3 is 18.2 Å². The summed E-state index contributed by atoms with van der Waals surface area (Å²) in [6.45, 7) is 3.98. The van der Waals surface area contributed by atoms with Crippen molar-refractivity contribution >= 4 is 67.7 Å². The third-order valence-corrected chi connectivity index (χ3v) is 5.30. The number of aliphatic carboxylic acids is 1. The summed E-state index contributed by atoms with van der Waals surface area (Å²) >= 11 is 1.45. The summed E-state index contributed by atoms with van der Waals surface area (Å²) in [6, 6.07) is 5.98. The number of hydrogen-bond donors (Lipinski definition) is 3. The summed E-state index contributed by atoms with van der Waals surface area (Å²) in [7, 11) is 1.85. The van der Waals surface area contributed by atoms with Gasteiger partial charge in [-0.2, -0.15) is 0 Å². The largest absolute Gasteiger partial charge is 2.00 e. The number of carboxylic acid groups (broad SMARTS) is 1. The Balaban J connectivity index is 0. The molecule has 0 aliphatic carbocycles. The number of aromatic nitrogens is 2. The molecule has 0 fully saturated rings. The number of hydrogen-bond acceptors (Lipinski definition) is 7. The van der Waals surface area contributed by atoms with Crippen LogP contribution in [0.25, 0.3) is 17.3 Å². The van der Waals surface area contributed by atoms with Gasteiger partial charge in [0, 0.05) is 30.9 Å². The average Bonchev–Trinajstić information content (AvgIpc) is 2.70. The molecule has 32 heavy (non-hydrogen) atoms. The number of carbonyl (C=O) groups is 1. The molecule has 0 unspecified atom stereocenters. The molecule has 10 heteroatoms. The van der Waals surface area contributed by atoms with Gasteiger partial charge in [-0.15, -0.1) is 0 Å². The van der Waals surface area contributed by atoms with Crippen LogP contribution >= 0.6 is 11.9 Å². The summed E-state index contributed by atoms with van der Waals surface area (Å²) in [4.78, 5) is 20.1. The van der Waals surface area contributed by atoms with Crippen molar-refractivity contribution in [2.75, 3.05) is 17.6 Å². The van der Waals surface area contributed by atoms with E-state index in [0.717, 1.165) is 5.69 Å². The molecule has 0 aliphatic rings. The first-order chi connectivity index (χ1) is 14.6. The maximum absolute atomic E-state index is 13.5. The minimum Gasteiger partial charge on any atom is -1.00 e. The normalized spacial score (nSPS) is 13.1. The fourth-order valence-electron chi connectivity index (χ4n) is 2.98. The van der Waals surface area contributed by atoms with Crippen molar-refractivity contribution in [2.24, 2.45) is 0 Å². The summed E-state index contributed by atoms with van der Waals surface area (Å²) < 4.78 is 15.3. The number of anilines is 1. The van der Waals surface area contributed by atoms with Gasteiger partial charge in [0.25, 0.3) is 0 Å². The van der Waals surface area contributed by atoms with Crippen LogP contribution in [-0.4, -0.2) is 94.5 Å². The van der Waals surface area contributed by atoms with E-state index in [4.69, 9.17) is 5.11 Å². The second-order valence-corrected chi connectivity index (χ2v) is 8.34. The van der Waals surface area contributed by atoms with Crippen LogP contribution in [0, 0.1) is 5.82 Å². The minimum absolute atomic E-state index is 0. The second-order valence-electron chi connectivity index (χ2n) is 7.43. The van der Waals surface area contributed by atoms with Gasteiger partial charge >= 0.3 is 43.7 Å². The summed E-state index contributed by atoms with van der Waals surface area (Å²) in [5, 5.41) is 28.8. The number of nitrogens with zero attached hydrogens (tertiary/aromatic N) is 3. The Kier molecular flexibility index (Phi) is 12.1. The second kappa shape index (κ2) is 13.5. The first kappa shape index (κ1) is 28.8. The molecule has 0 radical (unpaired) electrons. The van der Waals surface area contributed by atoms with Crippen molar-refractivity contribution in [1.29, 1.82) is 0 Å². The van der Waals surface area contributed by atoms with E-state index in [0.29, 0.717) is 22.8 Å². The van der Waals surface area contributed by atoms with Crippen LogP contribution in [0.15, 0.2) is 30.3 Å². The van der Waals surface area contributed by atoms with Crippen molar-refractivity contribution in [2.45, 2.75) is 44.8 Å². The molecule has 0 saturated carbocycles. The van der Waals surface area contributed by atoms with Crippen molar-refractivity contribution in [3.05, 3.63) is 47.4 Å². The number of aliphatic hydroxyl groups is 2. The maximum Gasteiger partial charge on any atom is 2.00 e. The van der Waals surface area contributed by atoms with E-state index in [1.165, 1.54) is 30.2 Å². The van der Waals surface area contributed by atoms with Gasteiger partial charge in [0.2, 0.25) is 5.95 Å². The number of rotatable bonds is 10. The molecule has 0 spiro atoms. The zero-order valence-corrected chi connectivity index (χ0v) is 21.7. The predicted molar refractivity (Wildman–Crippen MR) is 129 cm³/mol. The van der Waals surface area contributed by atoms with E-state index < -0.39 is 24.6 Å². The molecule has 2 atom stereocenters. The third kappa shape index (κ3) is 8.28. The summed E-state index contributed by atoms with van der Waals surface area (Å²) in [5.74, 6) is -0.953. The molecular weight excluding hydrogens is 461 g/mol. The molecule has 3 N–H and O–H groups in total. The predicted octanol–water partition coefficient (Wildman–Crippen LogP) is 3.56. The summed E-state index contributed by atoms with van der Waals surface area (Å²) in [6.07, 6.45) is 2.30. The quantitative estimate of drug-likeness (QED) is 0.342. The van der Waals surface area contributed by atoms with E-state index in [1.807, 2.05) is 31.5 Å². The molecule has 0 amide bonds. The van der Waals surface area contributed by atoms with Gasteiger partial charge in [-0.05, 0) is 30.2 Å². The van der Waals surface area contributed by atoms with Gasteiger partial charge in [0.1, 0.15) is 5.82 Å². The van der Waals surface area contributed by atoms with Crippen LogP contribution in [0.5, 0.6) is 0 Å². The number of benzene rings is 1. The Morgan fingerprint density at radius 3 is 2.41 bits per heavy atom. The van der Waals surface area contributed by atoms with Gasteiger partial charge in [0.05, 0.1) is 30.0 Å². The molecule has 1 aromatic carbocycles. The molecule has 7 nitrogen and oxygen atoms in total. The number of halogens is 1. The maximum atomic E-state index is 13.5. The molecule has 172 valence electrons. The van der Waals surface area contributed by atoms with E-state index in [9.17, 15) is 19.4 Å². The van der Waals surface area contributed by atoms with Crippen LogP contribution in [0.3, 0.4) is 0 Å². The molecule has 0 saturated heterocycles. The van der Waals surface area contributed by atoms with Crippen molar-refractivity contribution in [3.8, 4) is 11.3 Å². The van der Waals surface area contributed by atoms with Crippen LogP contribution < -0.4 is 4.31 Å². The smallest absolute Gasteiger partial charge is 1.00 e. The van der Waals surface area contributed by atoms with Gasteiger partial charge in [-0.25, -0.2) is 14.4 Å². The standard InChI is InChI=1S/C22H28FN3O4S.Ca.2H/c1-13(2)20-18(10-9-16(27)11-17(28)12-19(29)30)21(14-5-7-15(23)8-6-14)25-22(24-20)26(3)31-4;;;/h5-10,13,16-17,27-28H,11-12H2,1-4H3,(H,29,30);;;/q;+2;2*-1/t16-,17-;;;/m1.../s1. The Labute approximate surface area is 224 Å².